The van der Waals surface area contributed by atoms with Gasteiger partial charge in [-0.25, -0.2) is 0 Å². The summed E-state index contributed by atoms with van der Waals surface area (Å²) >= 11 is 6.20. The van der Waals surface area contributed by atoms with Crippen molar-refractivity contribution < 1.29 is 0 Å². The lowest BCUT2D eigenvalue weighted by molar-refractivity contribution is 0.566. The second kappa shape index (κ2) is 4.36. The Morgan fingerprint density at radius 2 is 2.42 bits per heavy atom. The van der Waals surface area contributed by atoms with Crippen LogP contribution in [0.5, 0.6) is 0 Å². The summed E-state index contributed by atoms with van der Waals surface area (Å²) in [5.41, 5.74) is 0. The summed E-state index contributed by atoms with van der Waals surface area (Å²) in [5.74, 6) is 0.740. The molecule has 7 heteroatoms. The van der Waals surface area contributed by atoms with Gasteiger partial charge in [0.05, 0.1) is 0 Å². The van der Waals surface area contributed by atoms with Crippen molar-refractivity contribution in [3.8, 4) is 0 Å². The number of thiocarbonyl (C=S) groups is 1. The molecule has 0 aliphatic carbocycles. The van der Waals surface area contributed by atoms with Gasteiger partial charge >= 0.3 is 0 Å². The zero-order valence-corrected chi connectivity index (χ0v) is 8.47. The second-order valence-electron chi connectivity index (χ2n) is 2.18. The molecular weight excluding hydrogens is 194 g/mol. The summed E-state index contributed by atoms with van der Waals surface area (Å²) in [6.45, 7) is 0. The highest BCUT2D eigenvalue weighted by molar-refractivity contribution is 8.00. The normalized spacial score (nSPS) is 9.83. The highest BCUT2D eigenvalue weighted by Crippen LogP contribution is 2.11. The van der Waals surface area contributed by atoms with Gasteiger partial charge in [-0.2, -0.15) is 0 Å². The zero-order chi connectivity index (χ0) is 8.97. The van der Waals surface area contributed by atoms with Gasteiger partial charge in [-0.1, -0.05) is 29.1 Å². The largest absolute Gasteiger partial charge is 0.299 e. The summed E-state index contributed by atoms with van der Waals surface area (Å²) in [6.07, 6.45) is 0. The van der Waals surface area contributed by atoms with E-state index in [2.05, 4.69) is 15.5 Å². The van der Waals surface area contributed by atoms with E-state index in [0.29, 0.717) is 0 Å². The number of rotatable bonds is 4. The highest BCUT2D eigenvalue weighted by Gasteiger charge is 2.05. The van der Waals surface area contributed by atoms with E-state index in [9.17, 15) is 0 Å². The van der Waals surface area contributed by atoms with E-state index in [1.165, 1.54) is 11.8 Å². The summed E-state index contributed by atoms with van der Waals surface area (Å²) in [4.78, 5) is 1.61. The van der Waals surface area contributed by atoms with Crippen LogP contribution in [0.15, 0.2) is 5.16 Å². The van der Waals surface area contributed by atoms with E-state index in [1.54, 1.807) is 15.2 Å². The molecule has 0 radical (unpaired) electrons. The number of thioether (sulfide) groups is 1. The third-order valence-electron chi connectivity index (χ3n) is 1.09. The van der Waals surface area contributed by atoms with Crippen LogP contribution in [0.4, 0.5) is 0 Å². The first-order valence-corrected chi connectivity index (χ1v) is 4.74. The second-order valence-corrected chi connectivity index (χ2v) is 3.50. The van der Waals surface area contributed by atoms with E-state index in [1.807, 2.05) is 14.1 Å². The van der Waals surface area contributed by atoms with Gasteiger partial charge in [0, 0.05) is 19.8 Å². The van der Waals surface area contributed by atoms with Crippen molar-refractivity contribution in [2.24, 2.45) is 0 Å². The fourth-order valence-corrected chi connectivity index (χ4v) is 1.45. The molecule has 12 heavy (non-hydrogen) atoms. The first kappa shape index (κ1) is 9.40. The molecule has 0 saturated carbocycles. The number of hydrogen-bond donors (Lipinski definition) is 0. The van der Waals surface area contributed by atoms with Gasteiger partial charge in [0.25, 0.3) is 0 Å². The predicted molar refractivity (Wildman–Crippen MR) is 52.3 cm³/mol. The summed E-state index contributed by atoms with van der Waals surface area (Å²) in [5, 5.41) is 15.4. The Morgan fingerprint density at radius 1 is 1.67 bits per heavy atom. The van der Waals surface area contributed by atoms with E-state index in [4.69, 9.17) is 12.2 Å². The van der Waals surface area contributed by atoms with Gasteiger partial charge in [-0.3, -0.25) is 5.01 Å². The molecule has 0 saturated heterocycles. The first-order valence-electron chi connectivity index (χ1n) is 3.28. The Bertz CT molecular complexity index is 258. The molecule has 66 valence electrons. The van der Waals surface area contributed by atoms with Crippen molar-refractivity contribution in [2.75, 3.05) is 24.9 Å². The van der Waals surface area contributed by atoms with Crippen LogP contribution < -0.4 is 5.01 Å². The Morgan fingerprint density at radius 3 is 3.00 bits per heavy atom. The molecule has 0 aliphatic rings. The fourth-order valence-electron chi connectivity index (χ4n) is 0.621. The molecule has 0 spiro atoms. The third kappa shape index (κ3) is 2.15. The number of nitrogens with zero attached hydrogens (tertiary/aromatic N) is 5. The SMILES string of the molecule is CN(C)n1nnnc1SCC=S. The Hall–Kier alpha value is -0.690. The minimum absolute atomic E-state index is 0.740. The van der Waals surface area contributed by atoms with Gasteiger partial charge in [-0.05, 0) is 15.8 Å². The molecular formula is C5H9N5S2. The van der Waals surface area contributed by atoms with Gasteiger partial charge in [-0.15, -0.1) is 4.79 Å². The van der Waals surface area contributed by atoms with Gasteiger partial charge < -0.3 is 0 Å². The smallest absolute Gasteiger partial charge is 0.231 e. The van der Waals surface area contributed by atoms with E-state index < -0.39 is 0 Å². The molecule has 0 amide bonds. The molecule has 0 bridgehead atoms. The molecule has 1 rings (SSSR count). The van der Waals surface area contributed by atoms with Crippen LogP contribution >= 0.6 is 24.0 Å². The van der Waals surface area contributed by atoms with Gasteiger partial charge in [0.2, 0.25) is 5.16 Å². The van der Waals surface area contributed by atoms with Crippen molar-refractivity contribution in [3.63, 3.8) is 0 Å². The number of hydrogen-bond acceptors (Lipinski definition) is 6. The number of aromatic nitrogens is 4. The molecule has 0 aliphatic heterocycles. The monoisotopic (exact) mass is 203 g/mol. The zero-order valence-electron chi connectivity index (χ0n) is 6.84. The average Bonchev–Trinajstić information content (AvgIpc) is 2.48. The molecule has 0 aromatic carbocycles. The third-order valence-corrected chi connectivity index (χ3v) is 2.30. The van der Waals surface area contributed by atoms with E-state index in [0.717, 1.165) is 10.9 Å². The molecule has 1 aromatic heterocycles. The molecule has 0 atom stereocenters. The van der Waals surface area contributed by atoms with Crippen molar-refractivity contribution in [1.29, 1.82) is 0 Å². The molecule has 1 heterocycles. The van der Waals surface area contributed by atoms with Crippen LogP contribution in [0.25, 0.3) is 0 Å². The average molecular weight is 203 g/mol. The molecule has 0 fully saturated rings. The van der Waals surface area contributed by atoms with E-state index in [-0.39, 0.29) is 0 Å². The Kier molecular flexibility index (Phi) is 3.42. The lowest BCUT2D eigenvalue weighted by Crippen LogP contribution is -2.27. The van der Waals surface area contributed by atoms with Crippen molar-refractivity contribution in [2.45, 2.75) is 5.16 Å². The van der Waals surface area contributed by atoms with Crippen molar-refractivity contribution in [3.05, 3.63) is 0 Å². The van der Waals surface area contributed by atoms with Crippen LogP contribution in [0.2, 0.25) is 0 Å². The van der Waals surface area contributed by atoms with Crippen LogP contribution in [-0.2, 0) is 0 Å². The fraction of sp³-hybridized carbons (Fsp3) is 0.600. The standard InChI is InChI=1S/C5H9N5S2/c1-9(2)10-5(6-7-8-10)12-4-3-11/h3H,4H2,1-2H3. The summed E-state index contributed by atoms with van der Waals surface area (Å²) in [6, 6.07) is 0. The minimum Gasteiger partial charge on any atom is -0.299 e. The van der Waals surface area contributed by atoms with E-state index >= 15 is 0 Å². The maximum absolute atomic E-state index is 4.70. The quantitative estimate of drug-likeness (QED) is 0.505. The van der Waals surface area contributed by atoms with Gasteiger partial charge in [0.1, 0.15) is 0 Å². The first-order chi connectivity index (χ1) is 5.75. The lowest BCUT2D eigenvalue weighted by atomic mass is 11.0. The maximum atomic E-state index is 4.70. The van der Waals surface area contributed by atoms with Crippen LogP contribution in [0.3, 0.4) is 0 Å². The molecule has 5 nitrogen and oxygen atoms in total. The topological polar surface area (TPSA) is 46.8 Å². The molecule has 0 unspecified atom stereocenters. The molecule has 1 aromatic rings. The van der Waals surface area contributed by atoms with Crippen LogP contribution in [0, 0.1) is 0 Å². The Balaban J connectivity index is 2.70. The van der Waals surface area contributed by atoms with Gasteiger partial charge in [0.15, 0.2) is 0 Å². The maximum Gasteiger partial charge on any atom is 0.231 e. The highest BCUT2D eigenvalue weighted by atomic mass is 32.2. The lowest BCUT2D eigenvalue weighted by Gasteiger charge is -2.11. The van der Waals surface area contributed by atoms with Crippen molar-refractivity contribution >= 4 is 29.3 Å². The summed E-state index contributed by atoms with van der Waals surface area (Å²) in [7, 11) is 3.75. The molecule has 0 N–H and O–H groups in total. The minimum atomic E-state index is 0.740. The predicted octanol–water partition coefficient (Wildman–Crippen LogP) is -0.0375. The summed E-state index contributed by atoms with van der Waals surface area (Å²) < 4.78 is 0. The van der Waals surface area contributed by atoms with Crippen molar-refractivity contribution in [1.82, 2.24) is 20.3 Å². The van der Waals surface area contributed by atoms with Crippen LogP contribution in [0.1, 0.15) is 0 Å². The Labute approximate surface area is 80.1 Å². The number of tetrazole rings is 1. The van der Waals surface area contributed by atoms with Crippen LogP contribution in [-0.4, -0.2) is 45.5 Å².